The average molecular weight is 361 g/mol. The molecule has 1 saturated carbocycles. The lowest BCUT2D eigenvalue weighted by Crippen LogP contribution is -2.40. The summed E-state index contributed by atoms with van der Waals surface area (Å²) < 4.78 is 1.96. The van der Waals surface area contributed by atoms with Gasteiger partial charge in [-0.1, -0.05) is 55.7 Å². The summed E-state index contributed by atoms with van der Waals surface area (Å²) in [5.41, 5.74) is 5.62. The van der Waals surface area contributed by atoms with Crippen molar-refractivity contribution < 1.29 is 0 Å². The zero-order valence-corrected chi connectivity index (χ0v) is 16.4. The van der Waals surface area contributed by atoms with E-state index < -0.39 is 0 Å². The average Bonchev–Trinajstić information content (AvgIpc) is 3.14. The summed E-state index contributed by atoms with van der Waals surface area (Å²) in [4.78, 5) is 0. The van der Waals surface area contributed by atoms with Crippen molar-refractivity contribution in [2.75, 3.05) is 5.32 Å². The van der Waals surface area contributed by atoms with Crippen molar-refractivity contribution in [2.24, 2.45) is 0 Å². The van der Waals surface area contributed by atoms with Crippen LogP contribution in [0.25, 0.3) is 5.69 Å². The molecular formula is C22H27N5. The Morgan fingerprint density at radius 1 is 0.852 bits per heavy atom. The second-order valence-electron chi connectivity index (χ2n) is 7.74. The third-order valence-corrected chi connectivity index (χ3v) is 5.77. The van der Waals surface area contributed by atoms with Gasteiger partial charge < -0.3 is 5.32 Å². The van der Waals surface area contributed by atoms with Gasteiger partial charge in [0.15, 0.2) is 5.82 Å². The molecule has 1 aliphatic carbocycles. The summed E-state index contributed by atoms with van der Waals surface area (Å²) in [5.74, 6) is 0.919. The molecule has 5 heteroatoms. The number of benzene rings is 2. The molecule has 0 atom stereocenters. The molecule has 4 rings (SSSR count). The van der Waals surface area contributed by atoms with E-state index >= 15 is 0 Å². The molecule has 1 aromatic heterocycles. The molecule has 2 aromatic carbocycles. The van der Waals surface area contributed by atoms with Gasteiger partial charge in [0.2, 0.25) is 0 Å². The molecule has 3 aromatic rings. The fraction of sp³-hybridized carbons (Fsp3) is 0.409. The number of anilines is 1. The fourth-order valence-electron chi connectivity index (χ4n) is 4.31. The van der Waals surface area contributed by atoms with E-state index in [1.807, 2.05) is 4.68 Å². The van der Waals surface area contributed by atoms with Crippen LogP contribution >= 0.6 is 0 Å². The Bertz CT molecular complexity index is 917. The van der Waals surface area contributed by atoms with Gasteiger partial charge in [0, 0.05) is 5.69 Å². The van der Waals surface area contributed by atoms with E-state index in [-0.39, 0.29) is 5.54 Å². The van der Waals surface area contributed by atoms with E-state index in [4.69, 9.17) is 0 Å². The number of tetrazole rings is 1. The van der Waals surface area contributed by atoms with E-state index in [1.54, 1.807) is 0 Å². The number of nitrogens with zero attached hydrogens (tertiary/aromatic N) is 4. The van der Waals surface area contributed by atoms with Crippen LogP contribution in [0.1, 0.15) is 54.6 Å². The molecule has 0 bridgehead atoms. The monoisotopic (exact) mass is 361 g/mol. The Hall–Kier alpha value is -2.69. The molecular weight excluding hydrogens is 334 g/mol. The second kappa shape index (κ2) is 7.14. The topological polar surface area (TPSA) is 55.6 Å². The number of hydrogen-bond donors (Lipinski definition) is 1. The minimum Gasteiger partial charge on any atom is -0.372 e. The largest absolute Gasteiger partial charge is 0.372 e. The summed E-state index contributed by atoms with van der Waals surface area (Å²) >= 11 is 0. The predicted molar refractivity (Wildman–Crippen MR) is 108 cm³/mol. The summed E-state index contributed by atoms with van der Waals surface area (Å²) in [6, 6.07) is 14.8. The van der Waals surface area contributed by atoms with Crippen molar-refractivity contribution in [1.29, 1.82) is 0 Å². The molecule has 1 fully saturated rings. The van der Waals surface area contributed by atoms with Gasteiger partial charge in [-0.3, -0.25) is 0 Å². The molecule has 1 aliphatic rings. The summed E-state index contributed by atoms with van der Waals surface area (Å²) in [6.45, 7) is 6.39. The molecule has 140 valence electrons. The van der Waals surface area contributed by atoms with Crippen LogP contribution in [-0.2, 0) is 5.54 Å². The SMILES string of the molecule is Cc1ccccc1NC1(c2nnnn2-c2c(C)cccc2C)CCCCC1. The number of hydrogen-bond acceptors (Lipinski definition) is 4. The minimum atomic E-state index is -0.247. The van der Waals surface area contributed by atoms with E-state index in [1.165, 1.54) is 36.0 Å². The Morgan fingerprint density at radius 2 is 1.52 bits per heavy atom. The highest BCUT2D eigenvalue weighted by Gasteiger charge is 2.39. The number of para-hydroxylation sites is 2. The van der Waals surface area contributed by atoms with E-state index in [0.717, 1.165) is 30.0 Å². The van der Waals surface area contributed by atoms with Crippen LogP contribution in [0.2, 0.25) is 0 Å². The molecule has 5 nitrogen and oxygen atoms in total. The molecule has 1 heterocycles. The zero-order valence-electron chi connectivity index (χ0n) is 16.4. The lowest BCUT2D eigenvalue weighted by Gasteiger charge is -2.38. The third kappa shape index (κ3) is 3.22. The maximum Gasteiger partial charge on any atom is 0.181 e. The molecule has 27 heavy (non-hydrogen) atoms. The number of rotatable bonds is 4. The molecule has 0 aliphatic heterocycles. The highest BCUT2D eigenvalue weighted by molar-refractivity contribution is 5.54. The normalized spacial score (nSPS) is 16.3. The van der Waals surface area contributed by atoms with Crippen molar-refractivity contribution in [3.05, 3.63) is 65.0 Å². The van der Waals surface area contributed by atoms with Gasteiger partial charge in [-0.2, -0.15) is 4.68 Å². The molecule has 0 radical (unpaired) electrons. The maximum atomic E-state index is 4.54. The van der Waals surface area contributed by atoms with Crippen LogP contribution < -0.4 is 5.32 Å². The Morgan fingerprint density at radius 3 is 2.22 bits per heavy atom. The predicted octanol–water partition coefficient (Wildman–Crippen LogP) is 4.86. The molecule has 0 unspecified atom stereocenters. The number of nitrogens with one attached hydrogen (secondary N) is 1. The lowest BCUT2D eigenvalue weighted by molar-refractivity contribution is 0.309. The van der Waals surface area contributed by atoms with Gasteiger partial charge in [-0.05, 0) is 66.8 Å². The van der Waals surface area contributed by atoms with E-state index in [9.17, 15) is 0 Å². The van der Waals surface area contributed by atoms with E-state index in [2.05, 4.69) is 84.1 Å². The molecule has 0 spiro atoms. The van der Waals surface area contributed by atoms with Crippen LogP contribution in [0, 0.1) is 20.8 Å². The first kappa shape index (κ1) is 17.7. The first-order valence-corrected chi connectivity index (χ1v) is 9.80. The third-order valence-electron chi connectivity index (χ3n) is 5.77. The highest BCUT2D eigenvalue weighted by atomic mass is 15.6. The smallest absolute Gasteiger partial charge is 0.181 e. The quantitative estimate of drug-likeness (QED) is 0.721. The first-order valence-electron chi connectivity index (χ1n) is 9.80. The first-order chi connectivity index (χ1) is 13.1. The van der Waals surface area contributed by atoms with Crippen LogP contribution in [0.4, 0.5) is 5.69 Å². The van der Waals surface area contributed by atoms with E-state index in [0.29, 0.717) is 0 Å². The maximum absolute atomic E-state index is 4.54. The standard InChI is InChI=1S/C22H27N5/c1-16-10-5-6-13-19(16)23-22(14-7-4-8-15-22)21-24-25-26-27(21)20-17(2)11-9-12-18(20)3/h5-6,9-13,23H,4,7-8,14-15H2,1-3H3. The fourth-order valence-corrected chi connectivity index (χ4v) is 4.31. The molecule has 1 N–H and O–H groups in total. The van der Waals surface area contributed by atoms with Crippen molar-refractivity contribution in [2.45, 2.75) is 58.4 Å². The molecule has 0 amide bonds. The van der Waals surface area contributed by atoms with Crippen molar-refractivity contribution in [1.82, 2.24) is 20.2 Å². The van der Waals surface area contributed by atoms with Crippen LogP contribution in [-0.4, -0.2) is 20.2 Å². The van der Waals surface area contributed by atoms with Crippen molar-refractivity contribution >= 4 is 5.69 Å². The highest BCUT2D eigenvalue weighted by Crippen LogP contribution is 2.40. The van der Waals surface area contributed by atoms with Gasteiger partial charge in [0.25, 0.3) is 0 Å². The van der Waals surface area contributed by atoms with Crippen molar-refractivity contribution in [3.8, 4) is 5.69 Å². The van der Waals surface area contributed by atoms with Crippen LogP contribution in [0.3, 0.4) is 0 Å². The zero-order chi connectivity index (χ0) is 18.9. The number of aromatic nitrogens is 4. The van der Waals surface area contributed by atoms with Crippen LogP contribution in [0.5, 0.6) is 0 Å². The lowest BCUT2D eigenvalue weighted by atomic mass is 9.80. The second-order valence-corrected chi connectivity index (χ2v) is 7.74. The minimum absolute atomic E-state index is 0.247. The summed E-state index contributed by atoms with van der Waals surface area (Å²) in [5, 5.41) is 16.9. The Kier molecular flexibility index (Phi) is 4.68. The van der Waals surface area contributed by atoms with Gasteiger partial charge >= 0.3 is 0 Å². The van der Waals surface area contributed by atoms with Gasteiger partial charge in [-0.25, -0.2) is 0 Å². The summed E-state index contributed by atoms with van der Waals surface area (Å²) in [6.07, 6.45) is 5.69. The van der Waals surface area contributed by atoms with Gasteiger partial charge in [0.05, 0.1) is 11.2 Å². The summed E-state index contributed by atoms with van der Waals surface area (Å²) in [7, 11) is 0. The number of aryl methyl sites for hydroxylation is 3. The van der Waals surface area contributed by atoms with Gasteiger partial charge in [0.1, 0.15) is 0 Å². The van der Waals surface area contributed by atoms with Crippen molar-refractivity contribution in [3.63, 3.8) is 0 Å². The van der Waals surface area contributed by atoms with Gasteiger partial charge in [-0.15, -0.1) is 5.10 Å². The molecule has 0 saturated heterocycles. The van der Waals surface area contributed by atoms with Crippen LogP contribution in [0.15, 0.2) is 42.5 Å². The Labute approximate surface area is 160 Å². The Balaban J connectivity index is 1.84.